The van der Waals surface area contributed by atoms with Gasteiger partial charge in [0.15, 0.2) is 0 Å². The number of rotatable bonds is 2. The van der Waals surface area contributed by atoms with Crippen LogP contribution in [0.15, 0.2) is 11.6 Å². The van der Waals surface area contributed by atoms with Crippen molar-refractivity contribution in [3.8, 4) is 6.07 Å². The van der Waals surface area contributed by atoms with Crippen molar-refractivity contribution in [2.24, 2.45) is 0 Å². The SMILES string of the molecule is CC=C(C#N)CC(=O)O. The number of aliphatic carboxylic acids is 1. The van der Waals surface area contributed by atoms with Crippen molar-refractivity contribution < 1.29 is 9.90 Å². The van der Waals surface area contributed by atoms with Crippen molar-refractivity contribution in [3.05, 3.63) is 11.6 Å². The molecule has 0 spiro atoms. The summed E-state index contributed by atoms with van der Waals surface area (Å²) in [4.78, 5) is 9.94. The van der Waals surface area contributed by atoms with E-state index in [4.69, 9.17) is 10.4 Å². The van der Waals surface area contributed by atoms with E-state index in [1.165, 1.54) is 6.08 Å². The van der Waals surface area contributed by atoms with Crippen LogP contribution in [0.25, 0.3) is 0 Å². The fourth-order valence-electron chi connectivity index (χ4n) is 0.369. The maximum atomic E-state index is 9.94. The van der Waals surface area contributed by atoms with E-state index in [0.29, 0.717) is 5.57 Å². The lowest BCUT2D eigenvalue weighted by molar-refractivity contribution is -0.136. The smallest absolute Gasteiger partial charge is 0.308 e. The number of hydrogen-bond donors (Lipinski definition) is 1. The molecule has 0 fully saturated rings. The van der Waals surface area contributed by atoms with Gasteiger partial charge in [-0.2, -0.15) is 5.26 Å². The van der Waals surface area contributed by atoms with Gasteiger partial charge in [0, 0.05) is 5.57 Å². The van der Waals surface area contributed by atoms with Gasteiger partial charge in [0.05, 0.1) is 12.5 Å². The van der Waals surface area contributed by atoms with Gasteiger partial charge in [0.2, 0.25) is 0 Å². The minimum atomic E-state index is -0.968. The average Bonchev–Trinajstić information content (AvgIpc) is 1.82. The van der Waals surface area contributed by atoms with E-state index in [0.717, 1.165) is 0 Å². The van der Waals surface area contributed by atoms with Gasteiger partial charge in [-0.15, -0.1) is 0 Å². The highest BCUT2D eigenvalue weighted by Gasteiger charge is 1.99. The molecule has 0 bridgehead atoms. The van der Waals surface area contributed by atoms with Crippen molar-refractivity contribution in [1.82, 2.24) is 0 Å². The lowest BCUT2D eigenvalue weighted by Gasteiger charge is -1.87. The van der Waals surface area contributed by atoms with Crippen molar-refractivity contribution in [1.29, 1.82) is 5.26 Å². The second kappa shape index (κ2) is 3.67. The Kier molecular flexibility index (Phi) is 3.14. The monoisotopic (exact) mass is 125 g/mol. The summed E-state index contributed by atoms with van der Waals surface area (Å²) in [5.74, 6) is -0.968. The normalized spacial score (nSPS) is 10.4. The summed E-state index contributed by atoms with van der Waals surface area (Å²) in [6.45, 7) is 1.64. The zero-order valence-electron chi connectivity index (χ0n) is 5.09. The van der Waals surface area contributed by atoms with Gasteiger partial charge in [0.1, 0.15) is 0 Å². The molecule has 48 valence electrons. The summed E-state index contributed by atoms with van der Waals surface area (Å²) in [5, 5.41) is 16.3. The van der Waals surface area contributed by atoms with Crippen LogP contribution in [0.4, 0.5) is 0 Å². The molecule has 3 heteroatoms. The quantitative estimate of drug-likeness (QED) is 0.558. The Morgan fingerprint density at radius 2 is 2.44 bits per heavy atom. The number of nitrogens with zero attached hydrogens (tertiary/aromatic N) is 1. The number of carboxylic acids is 1. The Hall–Kier alpha value is -1.30. The molecule has 0 aromatic rings. The summed E-state index contributed by atoms with van der Waals surface area (Å²) in [6, 6.07) is 1.76. The predicted molar refractivity (Wildman–Crippen MR) is 31.6 cm³/mol. The Morgan fingerprint density at radius 3 is 2.56 bits per heavy atom. The van der Waals surface area contributed by atoms with Crippen molar-refractivity contribution in [2.75, 3.05) is 0 Å². The summed E-state index contributed by atoms with van der Waals surface area (Å²) in [7, 11) is 0. The molecule has 3 nitrogen and oxygen atoms in total. The van der Waals surface area contributed by atoms with Crippen molar-refractivity contribution in [2.45, 2.75) is 13.3 Å². The molecular formula is C6H7NO2. The first kappa shape index (κ1) is 7.70. The largest absolute Gasteiger partial charge is 0.481 e. The van der Waals surface area contributed by atoms with E-state index in [9.17, 15) is 4.79 Å². The number of carboxylic acid groups (broad SMARTS) is 1. The molecule has 0 saturated heterocycles. The van der Waals surface area contributed by atoms with E-state index in [1.54, 1.807) is 13.0 Å². The number of nitriles is 1. The van der Waals surface area contributed by atoms with E-state index >= 15 is 0 Å². The van der Waals surface area contributed by atoms with E-state index in [-0.39, 0.29) is 6.42 Å². The van der Waals surface area contributed by atoms with E-state index in [1.807, 2.05) is 0 Å². The topological polar surface area (TPSA) is 61.1 Å². The minimum absolute atomic E-state index is 0.174. The highest BCUT2D eigenvalue weighted by atomic mass is 16.4. The molecule has 0 radical (unpaired) electrons. The molecule has 9 heavy (non-hydrogen) atoms. The second-order valence-corrected chi connectivity index (χ2v) is 1.50. The van der Waals surface area contributed by atoms with Crippen molar-refractivity contribution >= 4 is 5.97 Å². The maximum Gasteiger partial charge on any atom is 0.308 e. The molecule has 0 aliphatic carbocycles. The Morgan fingerprint density at radius 1 is 1.89 bits per heavy atom. The summed E-state index contributed by atoms with van der Waals surface area (Å²) in [6.07, 6.45) is 1.32. The van der Waals surface area contributed by atoms with Crippen LogP contribution in [-0.2, 0) is 4.79 Å². The van der Waals surface area contributed by atoms with Crippen LogP contribution in [0, 0.1) is 11.3 Å². The highest BCUT2D eigenvalue weighted by Crippen LogP contribution is 1.97. The molecule has 0 aliphatic rings. The highest BCUT2D eigenvalue weighted by molar-refractivity contribution is 5.71. The Labute approximate surface area is 53.2 Å². The first-order chi connectivity index (χ1) is 4.20. The molecule has 0 aromatic heterocycles. The molecular weight excluding hydrogens is 118 g/mol. The van der Waals surface area contributed by atoms with E-state index in [2.05, 4.69) is 0 Å². The fourth-order valence-corrected chi connectivity index (χ4v) is 0.369. The van der Waals surface area contributed by atoms with Gasteiger partial charge in [-0.05, 0) is 6.92 Å². The molecule has 0 aliphatic heterocycles. The molecule has 0 aromatic carbocycles. The summed E-state index contributed by atoms with van der Waals surface area (Å²) < 4.78 is 0. The van der Waals surface area contributed by atoms with Crippen LogP contribution in [0.3, 0.4) is 0 Å². The Bertz CT molecular complexity index is 176. The minimum Gasteiger partial charge on any atom is -0.481 e. The molecule has 0 heterocycles. The van der Waals surface area contributed by atoms with Gasteiger partial charge in [-0.3, -0.25) is 4.79 Å². The van der Waals surface area contributed by atoms with Crippen LogP contribution in [0.2, 0.25) is 0 Å². The van der Waals surface area contributed by atoms with Gasteiger partial charge in [0.25, 0.3) is 0 Å². The first-order valence-electron chi connectivity index (χ1n) is 2.47. The molecule has 0 atom stereocenters. The number of allylic oxidation sites excluding steroid dienone is 1. The zero-order valence-corrected chi connectivity index (χ0v) is 5.09. The third-order valence-corrected chi connectivity index (χ3v) is 0.834. The van der Waals surface area contributed by atoms with Gasteiger partial charge >= 0.3 is 5.97 Å². The first-order valence-corrected chi connectivity index (χ1v) is 2.47. The van der Waals surface area contributed by atoms with Crippen LogP contribution in [0.1, 0.15) is 13.3 Å². The van der Waals surface area contributed by atoms with E-state index < -0.39 is 5.97 Å². The molecule has 1 N–H and O–H groups in total. The van der Waals surface area contributed by atoms with Gasteiger partial charge in [-0.25, -0.2) is 0 Å². The average molecular weight is 125 g/mol. The lowest BCUT2D eigenvalue weighted by Crippen LogP contribution is -1.94. The number of carbonyl (C=O) groups is 1. The third kappa shape index (κ3) is 3.30. The van der Waals surface area contributed by atoms with Crippen molar-refractivity contribution in [3.63, 3.8) is 0 Å². The number of hydrogen-bond acceptors (Lipinski definition) is 2. The summed E-state index contributed by atoms with van der Waals surface area (Å²) >= 11 is 0. The molecule has 0 amide bonds. The van der Waals surface area contributed by atoms with Crippen LogP contribution >= 0.6 is 0 Å². The molecule has 0 rings (SSSR count). The Balaban J connectivity index is 3.91. The third-order valence-electron chi connectivity index (χ3n) is 0.834. The molecule has 0 unspecified atom stereocenters. The predicted octanol–water partition coefficient (Wildman–Crippen LogP) is 0.931. The maximum absolute atomic E-state index is 9.94. The molecule has 0 saturated carbocycles. The lowest BCUT2D eigenvalue weighted by atomic mass is 10.2. The van der Waals surface area contributed by atoms with Gasteiger partial charge in [-0.1, -0.05) is 6.08 Å². The van der Waals surface area contributed by atoms with Crippen LogP contribution in [-0.4, -0.2) is 11.1 Å². The standard InChI is InChI=1S/C6H7NO2/c1-2-5(4-7)3-6(8)9/h2H,3H2,1H3,(H,8,9). The van der Waals surface area contributed by atoms with Crippen LogP contribution in [0.5, 0.6) is 0 Å². The fraction of sp³-hybridized carbons (Fsp3) is 0.333. The van der Waals surface area contributed by atoms with Crippen LogP contribution < -0.4 is 0 Å². The second-order valence-electron chi connectivity index (χ2n) is 1.50. The zero-order chi connectivity index (χ0) is 7.28. The van der Waals surface area contributed by atoms with Gasteiger partial charge < -0.3 is 5.11 Å². The summed E-state index contributed by atoms with van der Waals surface area (Å²) in [5.41, 5.74) is 0.294.